The number of benzene rings is 8. The summed E-state index contributed by atoms with van der Waals surface area (Å²) in [4.78, 5) is 2.38. The SMILES string of the molecule is CC1(C)c2ccccc2-c2ccc(N(c3ccccc3)c3ccc(-c4ccc5c6c7ccccc7n(-c7ccccc7)c6n(-c6ccccc6)c5c4)cc3)cc21. The van der Waals surface area contributed by atoms with Gasteiger partial charge in [0.25, 0.3) is 0 Å². The fourth-order valence-corrected chi connectivity index (χ4v) is 9.26. The lowest BCUT2D eigenvalue weighted by Crippen LogP contribution is -2.16. The van der Waals surface area contributed by atoms with Gasteiger partial charge in [0.05, 0.1) is 11.0 Å². The summed E-state index contributed by atoms with van der Waals surface area (Å²) in [6, 6.07) is 72.9. The maximum atomic E-state index is 2.44. The maximum absolute atomic E-state index is 2.44. The Morgan fingerprint density at radius 3 is 1.66 bits per heavy atom. The zero-order valence-corrected chi connectivity index (χ0v) is 31.4. The zero-order chi connectivity index (χ0) is 37.4. The third-order valence-electron chi connectivity index (χ3n) is 11.9. The molecule has 0 unspecified atom stereocenters. The van der Waals surface area contributed by atoms with Crippen LogP contribution in [0.15, 0.2) is 200 Å². The molecule has 0 spiro atoms. The van der Waals surface area contributed by atoms with Gasteiger partial charge >= 0.3 is 0 Å². The van der Waals surface area contributed by atoms with Gasteiger partial charge in [0.15, 0.2) is 0 Å². The van der Waals surface area contributed by atoms with Crippen LogP contribution < -0.4 is 4.90 Å². The molecule has 1 aliphatic rings. The lowest BCUT2D eigenvalue weighted by atomic mass is 9.82. The Balaban J connectivity index is 1.06. The third kappa shape index (κ3) is 4.84. The Kier molecular flexibility index (Phi) is 7.20. The molecule has 0 amide bonds. The van der Waals surface area contributed by atoms with Crippen LogP contribution in [0.25, 0.3) is 66.5 Å². The minimum atomic E-state index is -0.0788. The Hall–Kier alpha value is -7.10. The Bertz CT molecular complexity index is 3080. The molecular formula is C53H39N3. The van der Waals surface area contributed by atoms with E-state index < -0.39 is 0 Å². The van der Waals surface area contributed by atoms with E-state index in [4.69, 9.17) is 0 Å². The molecule has 2 heterocycles. The molecule has 0 saturated heterocycles. The van der Waals surface area contributed by atoms with Crippen LogP contribution in [-0.2, 0) is 5.41 Å². The first-order valence-corrected chi connectivity index (χ1v) is 19.4. The summed E-state index contributed by atoms with van der Waals surface area (Å²) in [6.45, 7) is 4.70. The first kappa shape index (κ1) is 32.3. The predicted octanol–water partition coefficient (Wildman–Crippen LogP) is 14.2. The molecule has 0 saturated carbocycles. The van der Waals surface area contributed by atoms with E-state index in [-0.39, 0.29) is 5.41 Å². The normalized spacial score (nSPS) is 13.0. The highest BCUT2D eigenvalue weighted by Gasteiger charge is 2.35. The monoisotopic (exact) mass is 717 g/mol. The van der Waals surface area contributed by atoms with Crippen molar-refractivity contribution >= 4 is 49.9 Å². The third-order valence-corrected chi connectivity index (χ3v) is 11.9. The lowest BCUT2D eigenvalue weighted by molar-refractivity contribution is 0.660. The summed E-state index contributed by atoms with van der Waals surface area (Å²) in [5.74, 6) is 0. The van der Waals surface area contributed by atoms with Crippen molar-refractivity contribution in [2.24, 2.45) is 0 Å². The summed E-state index contributed by atoms with van der Waals surface area (Å²) in [7, 11) is 0. The molecule has 0 fully saturated rings. The lowest BCUT2D eigenvalue weighted by Gasteiger charge is -2.28. The summed E-state index contributed by atoms with van der Waals surface area (Å²) in [5, 5.41) is 3.76. The summed E-state index contributed by atoms with van der Waals surface area (Å²) in [5.41, 5.74) is 17.0. The smallest absolute Gasteiger partial charge is 0.131 e. The quantitative estimate of drug-likeness (QED) is 0.167. The minimum Gasteiger partial charge on any atom is -0.310 e. The van der Waals surface area contributed by atoms with Crippen LogP contribution in [0, 0.1) is 0 Å². The van der Waals surface area contributed by atoms with Gasteiger partial charge in [-0.1, -0.05) is 141 Å². The fraction of sp³-hybridized carbons (Fsp3) is 0.0566. The molecule has 0 bridgehead atoms. The summed E-state index contributed by atoms with van der Waals surface area (Å²) in [6.07, 6.45) is 0. The van der Waals surface area contributed by atoms with E-state index in [1.54, 1.807) is 0 Å². The second-order valence-electron chi connectivity index (χ2n) is 15.4. The van der Waals surface area contributed by atoms with Crippen LogP contribution in [-0.4, -0.2) is 9.13 Å². The molecule has 0 atom stereocenters. The van der Waals surface area contributed by atoms with Crippen molar-refractivity contribution in [3.63, 3.8) is 0 Å². The van der Waals surface area contributed by atoms with Crippen LogP contribution in [0.2, 0.25) is 0 Å². The average molecular weight is 718 g/mol. The van der Waals surface area contributed by atoms with E-state index in [0.29, 0.717) is 0 Å². The molecule has 56 heavy (non-hydrogen) atoms. The largest absolute Gasteiger partial charge is 0.310 e. The molecule has 11 rings (SSSR count). The molecule has 0 aliphatic heterocycles. The second kappa shape index (κ2) is 12.5. The highest BCUT2D eigenvalue weighted by Crippen LogP contribution is 2.51. The van der Waals surface area contributed by atoms with Crippen LogP contribution in [0.3, 0.4) is 0 Å². The van der Waals surface area contributed by atoms with Crippen molar-refractivity contribution in [1.82, 2.24) is 9.13 Å². The van der Waals surface area contributed by atoms with E-state index in [0.717, 1.165) is 28.4 Å². The van der Waals surface area contributed by atoms with Gasteiger partial charge in [0.2, 0.25) is 0 Å². The number of rotatable bonds is 6. The topological polar surface area (TPSA) is 13.1 Å². The van der Waals surface area contributed by atoms with E-state index >= 15 is 0 Å². The van der Waals surface area contributed by atoms with E-state index in [1.807, 2.05) is 0 Å². The summed E-state index contributed by atoms with van der Waals surface area (Å²) < 4.78 is 4.86. The zero-order valence-electron chi connectivity index (χ0n) is 31.4. The van der Waals surface area contributed by atoms with Crippen LogP contribution in [0.5, 0.6) is 0 Å². The highest BCUT2D eigenvalue weighted by atomic mass is 15.1. The van der Waals surface area contributed by atoms with Crippen molar-refractivity contribution in [1.29, 1.82) is 0 Å². The molecule has 1 aliphatic carbocycles. The number of para-hydroxylation sites is 4. The second-order valence-corrected chi connectivity index (χ2v) is 15.4. The van der Waals surface area contributed by atoms with Gasteiger partial charge in [-0.3, -0.25) is 9.13 Å². The molecule has 0 radical (unpaired) electrons. The molecule has 3 nitrogen and oxygen atoms in total. The maximum Gasteiger partial charge on any atom is 0.131 e. The van der Waals surface area contributed by atoms with Gasteiger partial charge < -0.3 is 4.90 Å². The van der Waals surface area contributed by atoms with Crippen molar-refractivity contribution < 1.29 is 0 Å². The van der Waals surface area contributed by atoms with E-state index in [9.17, 15) is 0 Å². The van der Waals surface area contributed by atoms with E-state index in [1.165, 1.54) is 66.2 Å². The molecule has 0 N–H and O–H groups in total. The van der Waals surface area contributed by atoms with Crippen LogP contribution >= 0.6 is 0 Å². The standard InChI is InChI=1S/C53H39N3/c1-53(2)47-24-14-12-22-43(47)44-33-31-42(35-48(44)53)54(38-16-6-3-7-17-38)41-29-26-36(27-30-41)37-28-32-46-50(34-37)56(40-20-10-5-11-21-40)52-51(46)45-23-13-15-25-49(45)55(52)39-18-8-4-9-19-39/h3-35H,1-2H3. The number of nitrogens with zero attached hydrogens (tertiary/aromatic N) is 3. The van der Waals surface area contributed by atoms with Crippen molar-refractivity contribution in [3.8, 4) is 33.6 Å². The Morgan fingerprint density at radius 1 is 0.393 bits per heavy atom. The van der Waals surface area contributed by atoms with Crippen molar-refractivity contribution in [2.75, 3.05) is 4.90 Å². The first-order chi connectivity index (χ1) is 27.6. The molecule has 8 aromatic carbocycles. The van der Waals surface area contributed by atoms with Crippen LogP contribution in [0.1, 0.15) is 25.0 Å². The van der Waals surface area contributed by atoms with Crippen molar-refractivity contribution in [2.45, 2.75) is 19.3 Å². The molecular weight excluding hydrogens is 679 g/mol. The molecule has 3 heteroatoms. The fourth-order valence-electron chi connectivity index (χ4n) is 9.26. The number of anilines is 3. The molecule has 2 aromatic heterocycles. The van der Waals surface area contributed by atoms with Crippen molar-refractivity contribution in [3.05, 3.63) is 211 Å². The van der Waals surface area contributed by atoms with Gasteiger partial charge in [-0.05, 0) is 106 Å². The van der Waals surface area contributed by atoms with E-state index in [2.05, 4.69) is 228 Å². The van der Waals surface area contributed by atoms with Gasteiger partial charge in [0.1, 0.15) is 5.65 Å². The molecule has 266 valence electrons. The van der Waals surface area contributed by atoms with Gasteiger partial charge in [-0.15, -0.1) is 0 Å². The first-order valence-electron chi connectivity index (χ1n) is 19.4. The van der Waals surface area contributed by atoms with Gasteiger partial charge in [-0.25, -0.2) is 0 Å². The van der Waals surface area contributed by atoms with Gasteiger partial charge in [0, 0.05) is 50.0 Å². The number of hydrogen-bond donors (Lipinski definition) is 0. The predicted molar refractivity (Wildman–Crippen MR) is 235 cm³/mol. The minimum absolute atomic E-state index is 0.0788. The Morgan fingerprint density at radius 2 is 0.929 bits per heavy atom. The molecule has 10 aromatic rings. The summed E-state index contributed by atoms with van der Waals surface area (Å²) >= 11 is 0. The Labute approximate surface area is 327 Å². The average Bonchev–Trinajstić information content (AvgIpc) is 3.85. The number of hydrogen-bond acceptors (Lipinski definition) is 1. The van der Waals surface area contributed by atoms with Crippen LogP contribution in [0.4, 0.5) is 17.1 Å². The van der Waals surface area contributed by atoms with Gasteiger partial charge in [-0.2, -0.15) is 0 Å². The number of aromatic nitrogens is 2. The number of fused-ring (bicyclic) bond motifs is 8. The highest BCUT2D eigenvalue weighted by molar-refractivity contribution is 6.22.